The van der Waals surface area contributed by atoms with Gasteiger partial charge in [-0.25, -0.2) is 22.8 Å². The Bertz CT molecular complexity index is 826. The second-order valence-electron chi connectivity index (χ2n) is 5.68. The van der Waals surface area contributed by atoms with E-state index in [1.54, 1.807) is 6.08 Å². The molecule has 1 fully saturated rings. The lowest BCUT2D eigenvalue weighted by Crippen LogP contribution is -2.43. The summed E-state index contributed by atoms with van der Waals surface area (Å²) >= 11 is 0. The molecule has 0 amide bonds. The molecule has 1 aromatic heterocycles. The number of halogens is 1. The fourth-order valence-corrected chi connectivity index (χ4v) is 3.82. The Kier molecular flexibility index (Phi) is 5.40. The molecule has 1 aliphatic rings. The van der Waals surface area contributed by atoms with Gasteiger partial charge in [0.1, 0.15) is 6.10 Å². The summed E-state index contributed by atoms with van der Waals surface area (Å²) in [6.07, 6.45) is 4.60. The smallest absolute Gasteiger partial charge is 0.316 e. The second kappa shape index (κ2) is 7.71. The van der Waals surface area contributed by atoms with Crippen LogP contribution in [0.5, 0.6) is 6.01 Å². The van der Waals surface area contributed by atoms with Gasteiger partial charge in [-0.15, -0.1) is 0 Å². The normalized spacial score (nSPS) is 19.2. The lowest BCUT2D eigenvalue weighted by molar-refractivity contribution is 0.119. The Morgan fingerprint density at radius 2 is 1.92 bits per heavy atom. The maximum absolute atomic E-state index is 12.8. The van der Waals surface area contributed by atoms with Gasteiger partial charge in [0.05, 0.1) is 18.9 Å². The second-order valence-corrected chi connectivity index (χ2v) is 7.50. The van der Waals surface area contributed by atoms with Gasteiger partial charge < -0.3 is 4.74 Å². The average Bonchev–Trinajstić information content (AvgIpc) is 2.63. The highest BCUT2D eigenvalue weighted by Crippen LogP contribution is 2.19. The minimum Gasteiger partial charge on any atom is -0.459 e. The summed E-state index contributed by atoms with van der Waals surface area (Å²) in [5.41, 5.74) is 0.815. The summed E-state index contributed by atoms with van der Waals surface area (Å²) in [6.45, 7) is 0.647. The van der Waals surface area contributed by atoms with Crippen molar-refractivity contribution in [3.63, 3.8) is 0 Å². The minimum absolute atomic E-state index is 0.0467. The van der Waals surface area contributed by atoms with Crippen LogP contribution in [0.25, 0.3) is 6.08 Å². The van der Waals surface area contributed by atoms with Crippen LogP contribution in [0.1, 0.15) is 18.4 Å². The lowest BCUT2D eigenvalue weighted by atomic mass is 10.1. The molecule has 0 spiro atoms. The van der Waals surface area contributed by atoms with Gasteiger partial charge in [-0.05, 0) is 24.5 Å². The van der Waals surface area contributed by atoms with Crippen molar-refractivity contribution in [3.05, 3.63) is 59.5 Å². The van der Waals surface area contributed by atoms with Crippen molar-refractivity contribution in [1.29, 1.82) is 0 Å². The van der Waals surface area contributed by atoms with Crippen LogP contribution in [0.3, 0.4) is 0 Å². The number of hydrogen-bond acceptors (Lipinski definition) is 5. The molecule has 0 saturated carbocycles. The van der Waals surface area contributed by atoms with E-state index in [1.807, 2.05) is 30.3 Å². The third-order valence-corrected chi connectivity index (χ3v) is 5.33. The standard InChI is InChI=1S/C17H18FN3O3S/c18-15-11-19-17(20-12-15)24-16-7-4-9-21(13-16)25(22,23)10-8-14-5-2-1-3-6-14/h1-3,5-6,8,10-12,16H,4,7,9,13H2/b10-8+/t16-/m0/s1. The molecule has 6 nitrogen and oxygen atoms in total. The van der Waals surface area contributed by atoms with Crippen LogP contribution in [0, 0.1) is 5.82 Å². The van der Waals surface area contributed by atoms with E-state index in [2.05, 4.69) is 9.97 Å². The van der Waals surface area contributed by atoms with E-state index >= 15 is 0 Å². The highest BCUT2D eigenvalue weighted by molar-refractivity contribution is 7.92. The molecule has 1 aliphatic heterocycles. The Morgan fingerprint density at radius 1 is 1.20 bits per heavy atom. The maximum atomic E-state index is 12.8. The Morgan fingerprint density at radius 3 is 2.64 bits per heavy atom. The number of nitrogens with zero attached hydrogens (tertiary/aromatic N) is 3. The quantitative estimate of drug-likeness (QED) is 0.816. The number of hydrogen-bond donors (Lipinski definition) is 0. The van der Waals surface area contributed by atoms with Gasteiger partial charge in [0.2, 0.25) is 10.0 Å². The van der Waals surface area contributed by atoms with Crippen LogP contribution in [-0.2, 0) is 10.0 Å². The van der Waals surface area contributed by atoms with Crippen LogP contribution in [0.2, 0.25) is 0 Å². The molecule has 0 aliphatic carbocycles. The third kappa shape index (κ3) is 4.83. The van der Waals surface area contributed by atoms with E-state index in [0.29, 0.717) is 19.4 Å². The van der Waals surface area contributed by atoms with Gasteiger partial charge in [-0.1, -0.05) is 30.3 Å². The average molecular weight is 363 g/mol. The van der Waals surface area contributed by atoms with Gasteiger partial charge in [0.15, 0.2) is 5.82 Å². The van der Waals surface area contributed by atoms with E-state index in [1.165, 1.54) is 9.71 Å². The zero-order chi connectivity index (χ0) is 17.7. The van der Waals surface area contributed by atoms with E-state index in [4.69, 9.17) is 4.74 Å². The Labute approximate surface area is 146 Å². The van der Waals surface area contributed by atoms with Crippen LogP contribution >= 0.6 is 0 Å². The SMILES string of the molecule is O=S(=O)(/C=C/c1ccccc1)N1CCC[C@H](Oc2ncc(F)cn2)C1. The van der Waals surface area contributed by atoms with Gasteiger partial charge in [-0.3, -0.25) is 0 Å². The number of sulfonamides is 1. The van der Waals surface area contributed by atoms with E-state index < -0.39 is 15.8 Å². The molecule has 0 unspecified atom stereocenters. The van der Waals surface area contributed by atoms with Crippen LogP contribution in [-0.4, -0.2) is 41.9 Å². The van der Waals surface area contributed by atoms with Gasteiger partial charge in [0, 0.05) is 12.0 Å². The topological polar surface area (TPSA) is 72.4 Å². The predicted octanol–water partition coefficient (Wildman–Crippen LogP) is 2.46. The van der Waals surface area contributed by atoms with Crippen molar-refractivity contribution < 1.29 is 17.5 Å². The Balaban J connectivity index is 1.65. The van der Waals surface area contributed by atoms with Crippen LogP contribution < -0.4 is 4.74 Å². The molecule has 0 radical (unpaired) electrons. The van der Waals surface area contributed by atoms with Gasteiger partial charge in [0.25, 0.3) is 0 Å². The summed E-state index contributed by atoms with van der Waals surface area (Å²) in [6, 6.07) is 9.28. The summed E-state index contributed by atoms with van der Waals surface area (Å²) in [5, 5.41) is 1.21. The molecule has 8 heteroatoms. The first kappa shape index (κ1) is 17.5. The zero-order valence-electron chi connectivity index (χ0n) is 13.5. The highest BCUT2D eigenvalue weighted by atomic mass is 32.2. The molecule has 0 N–H and O–H groups in total. The molecule has 25 heavy (non-hydrogen) atoms. The fraction of sp³-hybridized carbons (Fsp3) is 0.294. The molecule has 2 aromatic rings. The Hall–Kier alpha value is -2.32. The van der Waals surface area contributed by atoms with Gasteiger partial charge >= 0.3 is 6.01 Å². The summed E-state index contributed by atoms with van der Waals surface area (Å²) in [5.74, 6) is -0.550. The van der Waals surface area contributed by atoms with E-state index in [9.17, 15) is 12.8 Å². The summed E-state index contributed by atoms with van der Waals surface area (Å²) < 4.78 is 44.8. The minimum atomic E-state index is -3.54. The number of aromatic nitrogens is 2. The molecule has 3 rings (SSSR count). The van der Waals surface area contributed by atoms with Crippen molar-refractivity contribution in [2.75, 3.05) is 13.1 Å². The first-order chi connectivity index (χ1) is 12.0. The van der Waals surface area contributed by atoms with Crippen LogP contribution in [0.15, 0.2) is 48.1 Å². The predicted molar refractivity (Wildman–Crippen MR) is 91.6 cm³/mol. The molecule has 1 saturated heterocycles. The maximum Gasteiger partial charge on any atom is 0.316 e. The molecule has 2 heterocycles. The molecule has 132 valence electrons. The van der Waals surface area contributed by atoms with Crippen LogP contribution in [0.4, 0.5) is 4.39 Å². The number of piperidine rings is 1. The first-order valence-corrected chi connectivity index (χ1v) is 9.41. The van der Waals surface area contributed by atoms with Crippen molar-refractivity contribution in [2.24, 2.45) is 0 Å². The van der Waals surface area contributed by atoms with Crippen molar-refractivity contribution in [1.82, 2.24) is 14.3 Å². The highest BCUT2D eigenvalue weighted by Gasteiger charge is 2.28. The van der Waals surface area contributed by atoms with Crippen molar-refractivity contribution in [2.45, 2.75) is 18.9 Å². The van der Waals surface area contributed by atoms with E-state index in [-0.39, 0.29) is 18.7 Å². The van der Waals surface area contributed by atoms with Crippen molar-refractivity contribution >= 4 is 16.1 Å². The molecule has 1 atom stereocenters. The number of ether oxygens (including phenoxy) is 1. The molecule has 0 bridgehead atoms. The lowest BCUT2D eigenvalue weighted by Gasteiger charge is -2.30. The molecular formula is C17H18FN3O3S. The van der Waals surface area contributed by atoms with Crippen molar-refractivity contribution in [3.8, 4) is 6.01 Å². The number of benzene rings is 1. The first-order valence-electron chi connectivity index (χ1n) is 7.90. The summed E-state index contributed by atoms with van der Waals surface area (Å²) in [7, 11) is -3.54. The molecular weight excluding hydrogens is 345 g/mol. The zero-order valence-corrected chi connectivity index (χ0v) is 14.3. The third-order valence-electron chi connectivity index (χ3n) is 3.80. The summed E-state index contributed by atoms with van der Waals surface area (Å²) in [4.78, 5) is 7.49. The number of rotatable bonds is 5. The van der Waals surface area contributed by atoms with Gasteiger partial charge in [-0.2, -0.15) is 4.31 Å². The molecule has 1 aromatic carbocycles. The monoisotopic (exact) mass is 363 g/mol. The van der Waals surface area contributed by atoms with E-state index in [0.717, 1.165) is 18.0 Å². The fourth-order valence-electron chi connectivity index (χ4n) is 2.56. The largest absolute Gasteiger partial charge is 0.459 e.